The lowest BCUT2D eigenvalue weighted by molar-refractivity contribution is 0.0889. The van der Waals surface area contributed by atoms with Gasteiger partial charge in [-0.15, -0.1) is 0 Å². The summed E-state index contributed by atoms with van der Waals surface area (Å²) < 4.78 is 0. The van der Waals surface area contributed by atoms with E-state index < -0.39 is 0 Å². The number of hydrogen-bond donors (Lipinski definition) is 3. The van der Waals surface area contributed by atoms with Crippen LogP contribution in [0.1, 0.15) is 49.9 Å². The van der Waals surface area contributed by atoms with Crippen LogP contribution in [0.5, 0.6) is 0 Å². The molecule has 0 heterocycles. The normalized spacial score (nSPS) is 22.8. The van der Waals surface area contributed by atoms with Gasteiger partial charge in [0.1, 0.15) is 0 Å². The average Bonchev–Trinajstić information content (AvgIpc) is 2.37. The van der Waals surface area contributed by atoms with Gasteiger partial charge in [-0.05, 0) is 42.9 Å². The molecule has 1 saturated carbocycles. The zero-order valence-corrected chi connectivity index (χ0v) is 12.4. The van der Waals surface area contributed by atoms with E-state index in [0.29, 0.717) is 28.8 Å². The number of nitrogens with one attached hydrogen (secondary N) is 1. The topological polar surface area (TPSA) is 81.1 Å². The van der Waals surface area contributed by atoms with E-state index in [0.717, 1.165) is 6.42 Å². The van der Waals surface area contributed by atoms with Crippen molar-refractivity contribution < 1.29 is 4.79 Å². The second-order valence-corrected chi connectivity index (χ2v) is 6.16. The monoisotopic (exact) mass is 275 g/mol. The van der Waals surface area contributed by atoms with Gasteiger partial charge in [-0.3, -0.25) is 4.79 Å². The van der Waals surface area contributed by atoms with Gasteiger partial charge in [0.2, 0.25) is 0 Å². The van der Waals surface area contributed by atoms with Gasteiger partial charge in [-0.1, -0.05) is 26.7 Å². The van der Waals surface area contributed by atoms with Crippen LogP contribution in [0.25, 0.3) is 0 Å². The predicted octanol–water partition coefficient (Wildman–Crippen LogP) is 2.80. The van der Waals surface area contributed by atoms with Crippen molar-refractivity contribution in [3.63, 3.8) is 0 Å². The minimum absolute atomic E-state index is 0.0680. The number of anilines is 2. The quantitative estimate of drug-likeness (QED) is 0.742. The number of amides is 1. The molecule has 0 saturated heterocycles. The van der Waals surface area contributed by atoms with Crippen molar-refractivity contribution in [2.75, 3.05) is 11.5 Å². The van der Waals surface area contributed by atoms with Crippen LogP contribution < -0.4 is 16.8 Å². The van der Waals surface area contributed by atoms with Crippen LogP contribution in [0.3, 0.4) is 0 Å². The fourth-order valence-corrected chi connectivity index (χ4v) is 3.20. The van der Waals surface area contributed by atoms with Crippen molar-refractivity contribution in [2.45, 2.75) is 45.6 Å². The number of carbonyl (C=O) groups excluding carboxylic acids is 1. The van der Waals surface area contributed by atoms with E-state index in [-0.39, 0.29) is 11.9 Å². The number of carbonyl (C=O) groups is 1. The molecule has 4 heteroatoms. The molecule has 1 aliphatic carbocycles. The molecule has 1 aromatic carbocycles. The van der Waals surface area contributed by atoms with Crippen molar-refractivity contribution >= 4 is 17.3 Å². The highest BCUT2D eigenvalue weighted by Gasteiger charge is 2.28. The molecule has 1 fully saturated rings. The smallest absolute Gasteiger partial charge is 0.251 e. The van der Waals surface area contributed by atoms with E-state index in [2.05, 4.69) is 19.2 Å². The van der Waals surface area contributed by atoms with Gasteiger partial charge >= 0.3 is 0 Å². The van der Waals surface area contributed by atoms with Gasteiger partial charge < -0.3 is 16.8 Å². The molecule has 4 nitrogen and oxygen atoms in total. The summed E-state index contributed by atoms with van der Waals surface area (Å²) >= 11 is 0. The molecular formula is C16H25N3O. The van der Waals surface area contributed by atoms with Crippen LogP contribution >= 0.6 is 0 Å². The predicted molar refractivity (Wildman–Crippen MR) is 83.3 cm³/mol. The SMILES string of the molecule is CC(C)C1CCCCC1NC(=O)c1cc(N)cc(N)c1. The molecule has 20 heavy (non-hydrogen) atoms. The van der Waals surface area contributed by atoms with Crippen molar-refractivity contribution in [3.05, 3.63) is 23.8 Å². The molecule has 0 bridgehead atoms. The maximum Gasteiger partial charge on any atom is 0.251 e. The van der Waals surface area contributed by atoms with Crippen LogP contribution in [0.2, 0.25) is 0 Å². The summed E-state index contributed by atoms with van der Waals surface area (Å²) in [6.45, 7) is 4.46. The van der Waals surface area contributed by atoms with Crippen molar-refractivity contribution in [1.82, 2.24) is 5.32 Å². The molecule has 1 aromatic rings. The molecule has 0 radical (unpaired) electrons. The molecule has 110 valence electrons. The van der Waals surface area contributed by atoms with Crippen LogP contribution in [0, 0.1) is 11.8 Å². The summed E-state index contributed by atoms with van der Waals surface area (Å²) in [6.07, 6.45) is 4.71. The second-order valence-electron chi connectivity index (χ2n) is 6.16. The molecule has 0 aliphatic heterocycles. The minimum Gasteiger partial charge on any atom is -0.399 e. The number of nitrogens with two attached hydrogens (primary N) is 2. The summed E-state index contributed by atoms with van der Waals surface area (Å²) in [7, 11) is 0. The van der Waals surface area contributed by atoms with E-state index in [4.69, 9.17) is 11.5 Å². The van der Waals surface area contributed by atoms with Gasteiger partial charge in [0.05, 0.1) is 0 Å². The van der Waals surface area contributed by atoms with Crippen LogP contribution in [0.15, 0.2) is 18.2 Å². The molecule has 2 rings (SSSR count). The third kappa shape index (κ3) is 3.44. The third-order valence-corrected chi connectivity index (χ3v) is 4.23. The molecular weight excluding hydrogens is 250 g/mol. The number of nitrogen functional groups attached to an aromatic ring is 2. The van der Waals surface area contributed by atoms with Gasteiger partial charge in [0.25, 0.3) is 5.91 Å². The second kappa shape index (κ2) is 6.16. The molecule has 5 N–H and O–H groups in total. The minimum atomic E-state index is -0.0680. The Kier molecular flexibility index (Phi) is 4.53. The fraction of sp³-hybridized carbons (Fsp3) is 0.562. The summed E-state index contributed by atoms with van der Waals surface area (Å²) in [5.41, 5.74) is 13.1. The van der Waals surface area contributed by atoms with E-state index in [1.54, 1.807) is 18.2 Å². The lowest BCUT2D eigenvalue weighted by Gasteiger charge is -2.35. The van der Waals surface area contributed by atoms with Gasteiger partial charge in [-0.25, -0.2) is 0 Å². The Labute approximate surface area is 120 Å². The van der Waals surface area contributed by atoms with E-state index in [1.807, 2.05) is 0 Å². The van der Waals surface area contributed by atoms with Gasteiger partial charge in [-0.2, -0.15) is 0 Å². The Hall–Kier alpha value is -1.71. The molecule has 1 aliphatic rings. The first-order valence-electron chi connectivity index (χ1n) is 7.44. The molecule has 0 spiro atoms. The van der Waals surface area contributed by atoms with Crippen molar-refractivity contribution in [2.24, 2.45) is 11.8 Å². The fourth-order valence-electron chi connectivity index (χ4n) is 3.20. The zero-order chi connectivity index (χ0) is 14.7. The number of hydrogen-bond acceptors (Lipinski definition) is 3. The highest BCUT2D eigenvalue weighted by Crippen LogP contribution is 2.30. The Balaban J connectivity index is 2.09. The van der Waals surface area contributed by atoms with E-state index in [1.165, 1.54) is 19.3 Å². The maximum absolute atomic E-state index is 12.4. The van der Waals surface area contributed by atoms with Gasteiger partial charge in [0.15, 0.2) is 0 Å². The molecule has 0 aromatic heterocycles. The first kappa shape index (κ1) is 14.7. The van der Waals surface area contributed by atoms with Crippen molar-refractivity contribution in [3.8, 4) is 0 Å². The Morgan fingerprint density at radius 3 is 2.35 bits per heavy atom. The Morgan fingerprint density at radius 2 is 1.75 bits per heavy atom. The zero-order valence-electron chi connectivity index (χ0n) is 12.4. The third-order valence-electron chi connectivity index (χ3n) is 4.23. The number of benzene rings is 1. The highest BCUT2D eigenvalue weighted by molar-refractivity contribution is 5.96. The van der Waals surface area contributed by atoms with Crippen LogP contribution in [0.4, 0.5) is 11.4 Å². The van der Waals surface area contributed by atoms with E-state index >= 15 is 0 Å². The summed E-state index contributed by atoms with van der Waals surface area (Å²) in [6, 6.07) is 5.28. The van der Waals surface area contributed by atoms with Crippen LogP contribution in [-0.2, 0) is 0 Å². The molecule has 2 unspecified atom stereocenters. The Morgan fingerprint density at radius 1 is 1.15 bits per heavy atom. The largest absolute Gasteiger partial charge is 0.399 e. The summed E-state index contributed by atoms with van der Waals surface area (Å²) in [5.74, 6) is 1.08. The van der Waals surface area contributed by atoms with E-state index in [9.17, 15) is 4.79 Å². The maximum atomic E-state index is 12.4. The van der Waals surface area contributed by atoms with Gasteiger partial charge in [0, 0.05) is 23.0 Å². The van der Waals surface area contributed by atoms with Crippen LogP contribution in [-0.4, -0.2) is 11.9 Å². The first-order chi connectivity index (χ1) is 9.47. The molecule has 1 amide bonds. The lowest BCUT2D eigenvalue weighted by Crippen LogP contribution is -2.44. The lowest BCUT2D eigenvalue weighted by atomic mass is 9.78. The highest BCUT2D eigenvalue weighted by atomic mass is 16.1. The number of rotatable bonds is 3. The average molecular weight is 275 g/mol. The molecule has 2 atom stereocenters. The van der Waals surface area contributed by atoms with Crippen molar-refractivity contribution in [1.29, 1.82) is 0 Å². The Bertz CT molecular complexity index is 464. The first-order valence-corrected chi connectivity index (χ1v) is 7.44. The standard InChI is InChI=1S/C16H25N3O/c1-10(2)14-5-3-4-6-15(14)19-16(20)11-7-12(17)9-13(18)8-11/h7-10,14-15H,3-6,17-18H2,1-2H3,(H,19,20). The summed E-state index contributed by atoms with van der Waals surface area (Å²) in [5, 5.41) is 3.17. The summed E-state index contributed by atoms with van der Waals surface area (Å²) in [4.78, 5) is 12.4.